The molecule has 0 spiro atoms. The van der Waals surface area contributed by atoms with Crippen LogP contribution in [0, 0.1) is 11.8 Å². The van der Waals surface area contributed by atoms with Gasteiger partial charge in [0.15, 0.2) is 0 Å². The van der Waals surface area contributed by atoms with Gasteiger partial charge in [-0.3, -0.25) is 0 Å². The fourth-order valence-electron chi connectivity index (χ4n) is 2.95. The van der Waals surface area contributed by atoms with E-state index in [1.807, 2.05) is 0 Å². The molecule has 1 N–H and O–H groups in total. The molecule has 17 heavy (non-hydrogen) atoms. The van der Waals surface area contributed by atoms with E-state index in [2.05, 4.69) is 56.4 Å². The standard InChI is InChI=1S/C16H25N/c1-12(2)16(14-7-5-4-6-8-14)17-15-10-9-13(3)11-15/h4-8,12-13,15-17H,9-11H2,1-3H3. The normalized spacial score (nSPS) is 26.4. The van der Waals surface area contributed by atoms with Gasteiger partial charge < -0.3 is 5.32 Å². The minimum Gasteiger partial charge on any atom is -0.307 e. The molecule has 1 aromatic rings. The van der Waals surface area contributed by atoms with Crippen molar-refractivity contribution < 1.29 is 0 Å². The molecule has 0 saturated heterocycles. The zero-order chi connectivity index (χ0) is 12.3. The number of hydrogen-bond donors (Lipinski definition) is 1. The molecule has 1 saturated carbocycles. The van der Waals surface area contributed by atoms with E-state index in [1.54, 1.807) is 0 Å². The van der Waals surface area contributed by atoms with Crippen LogP contribution in [0.5, 0.6) is 0 Å². The fraction of sp³-hybridized carbons (Fsp3) is 0.625. The molecule has 0 heterocycles. The van der Waals surface area contributed by atoms with E-state index in [1.165, 1.54) is 24.8 Å². The maximum atomic E-state index is 3.86. The van der Waals surface area contributed by atoms with Crippen LogP contribution in [-0.4, -0.2) is 6.04 Å². The van der Waals surface area contributed by atoms with Crippen LogP contribution >= 0.6 is 0 Å². The molecule has 1 heteroatoms. The van der Waals surface area contributed by atoms with Gasteiger partial charge in [-0.25, -0.2) is 0 Å². The molecule has 94 valence electrons. The maximum Gasteiger partial charge on any atom is 0.0345 e. The lowest BCUT2D eigenvalue weighted by molar-refractivity contribution is 0.356. The molecule has 0 amide bonds. The van der Waals surface area contributed by atoms with Crippen LogP contribution in [-0.2, 0) is 0 Å². The van der Waals surface area contributed by atoms with Gasteiger partial charge >= 0.3 is 0 Å². The van der Waals surface area contributed by atoms with Gasteiger partial charge in [0.05, 0.1) is 0 Å². The first kappa shape index (κ1) is 12.6. The zero-order valence-electron chi connectivity index (χ0n) is 11.3. The van der Waals surface area contributed by atoms with E-state index < -0.39 is 0 Å². The third-order valence-electron chi connectivity index (χ3n) is 3.94. The number of benzene rings is 1. The van der Waals surface area contributed by atoms with E-state index in [0.29, 0.717) is 12.0 Å². The van der Waals surface area contributed by atoms with Crippen molar-refractivity contribution in [1.82, 2.24) is 5.32 Å². The van der Waals surface area contributed by atoms with Gasteiger partial charge in [0, 0.05) is 12.1 Å². The number of hydrogen-bond acceptors (Lipinski definition) is 1. The van der Waals surface area contributed by atoms with E-state index in [0.717, 1.165) is 12.0 Å². The lowest BCUT2D eigenvalue weighted by atomic mass is 9.95. The summed E-state index contributed by atoms with van der Waals surface area (Å²) < 4.78 is 0. The van der Waals surface area contributed by atoms with Gasteiger partial charge in [-0.05, 0) is 36.7 Å². The highest BCUT2D eigenvalue weighted by molar-refractivity contribution is 5.19. The lowest BCUT2D eigenvalue weighted by Crippen LogP contribution is -2.33. The lowest BCUT2D eigenvalue weighted by Gasteiger charge is -2.27. The Kier molecular flexibility index (Phi) is 4.22. The molecule has 2 rings (SSSR count). The number of nitrogens with one attached hydrogen (secondary N) is 1. The Morgan fingerprint density at radius 2 is 1.82 bits per heavy atom. The van der Waals surface area contributed by atoms with E-state index in [4.69, 9.17) is 0 Å². The summed E-state index contributed by atoms with van der Waals surface area (Å²) in [6.45, 7) is 6.99. The van der Waals surface area contributed by atoms with Gasteiger partial charge in [0.1, 0.15) is 0 Å². The summed E-state index contributed by atoms with van der Waals surface area (Å²) >= 11 is 0. The summed E-state index contributed by atoms with van der Waals surface area (Å²) in [5.41, 5.74) is 1.43. The molecule has 3 unspecified atom stereocenters. The third-order valence-corrected chi connectivity index (χ3v) is 3.94. The van der Waals surface area contributed by atoms with Crippen molar-refractivity contribution >= 4 is 0 Å². The summed E-state index contributed by atoms with van der Waals surface area (Å²) in [5, 5.41) is 3.86. The second-order valence-electron chi connectivity index (χ2n) is 5.91. The van der Waals surface area contributed by atoms with Crippen molar-refractivity contribution in [3.05, 3.63) is 35.9 Å². The Bertz CT molecular complexity index is 331. The number of rotatable bonds is 4. The molecule has 0 bridgehead atoms. The van der Waals surface area contributed by atoms with E-state index in [-0.39, 0.29) is 0 Å². The van der Waals surface area contributed by atoms with Gasteiger partial charge in [0.25, 0.3) is 0 Å². The first-order valence-corrected chi connectivity index (χ1v) is 6.98. The second kappa shape index (κ2) is 5.68. The van der Waals surface area contributed by atoms with Crippen molar-refractivity contribution in [3.8, 4) is 0 Å². The summed E-state index contributed by atoms with van der Waals surface area (Å²) in [4.78, 5) is 0. The first-order valence-electron chi connectivity index (χ1n) is 6.98. The van der Waals surface area contributed by atoms with Crippen LogP contribution < -0.4 is 5.32 Å². The van der Waals surface area contributed by atoms with Crippen molar-refractivity contribution in [1.29, 1.82) is 0 Å². The largest absolute Gasteiger partial charge is 0.307 e. The highest BCUT2D eigenvalue weighted by Crippen LogP contribution is 2.29. The predicted octanol–water partition coefficient (Wildman–Crippen LogP) is 4.16. The van der Waals surface area contributed by atoms with Gasteiger partial charge in [-0.1, -0.05) is 51.1 Å². The second-order valence-corrected chi connectivity index (χ2v) is 5.91. The summed E-state index contributed by atoms with van der Waals surface area (Å²) in [7, 11) is 0. The molecular weight excluding hydrogens is 206 g/mol. The molecule has 0 radical (unpaired) electrons. The third kappa shape index (κ3) is 3.32. The smallest absolute Gasteiger partial charge is 0.0345 e. The monoisotopic (exact) mass is 231 g/mol. The Balaban J connectivity index is 2.03. The van der Waals surface area contributed by atoms with Crippen LogP contribution in [0.2, 0.25) is 0 Å². The molecule has 1 aliphatic carbocycles. The van der Waals surface area contributed by atoms with E-state index >= 15 is 0 Å². The van der Waals surface area contributed by atoms with Crippen LogP contribution in [0.1, 0.15) is 51.6 Å². The van der Waals surface area contributed by atoms with Gasteiger partial charge in [-0.15, -0.1) is 0 Å². The average molecular weight is 231 g/mol. The average Bonchev–Trinajstić information content (AvgIpc) is 2.73. The van der Waals surface area contributed by atoms with Gasteiger partial charge in [0.2, 0.25) is 0 Å². The topological polar surface area (TPSA) is 12.0 Å². The first-order chi connectivity index (χ1) is 8.16. The van der Waals surface area contributed by atoms with Crippen LogP contribution in [0.4, 0.5) is 0 Å². The van der Waals surface area contributed by atoms with Crippen LogP contribution in [0.3, 0.4) is 0 Å². The molecule has 0 aliphatic heterocycles. The minimum absolute atomic E-state index is 0.506. The summed E-state index contributed by atoms with van der Waals surface area (Å²) in [5.74, 6) is 1.55. The Morgan fingerprint density at radius 3 is 2.35 bits per heavy atom. The quantitative estimate of drug-likeness (QED) is 0.820. The zero-order valence-corrected chi connectivity index (χ0v) is 11.3. The van der Waals surface area contributed by atoms with Crippen LogP contribution in [0.15, 0.2) is 30.3 Å². The predicted molar refractivity (Wildman–Crippen MR) is 74.0 cm³/mol. The maximum absolute atomic E-state index is 3.86. The SMILES string of the molecule is CC1CCC(NC(c2ccccc2)C(C)C)C1. The van der Waals surface area contributed by atoms with E-state index in [9.17, 15) is 0 Å². The molecule has 1 aliphatic rings. The van der Waals surface area contributed by atoms with Crippen molar-refractivity contribution in [2.75, 3.05) is 0 Å². The van der Waals surface area contributed by atoms with Gasteiger partial charge in [-0.2, -0.15) is 0 Å². The Hall–Kier alpha value is -0.820. The minimum atomic E-state index is 0.506. The summed E-state index contributed by atoms with van der Waals surface area (Å²) in [6, 6.07) is 12.1. The molecule has 3 atom stereocenters. The molecule has 1 aromatic carbocycles. The van der Waals surface area contributed by atoms with Crippen molar-refractivity contribution in [3.63, 3.8) is 0 Å². The highest BCUT2D eigenvalue weighted by Gasteiger charge is 2.25. The highest BCUT2D eigenvalue weighted by atomic mass is 15.0. The summed E-state index contributed by atoms with van der Waals surface area (Å²) in [6.07, 6.45) is 4.07. The van der Waals surface area contributed by atoms with Crippen molar-refractivity contribution in [2.45, 2.75) is 52.1 Å². The molecule has 1 nitrogen and oxygen atoms in total. The van der Waals surface area contributed by atoms with Crippen molar-refractivity contribution in [2.24, 2.45) is 11.8 Å². The molecule has 1 fully saturated rings. The molecule has 0 aromatic heterocycles. The fourth-order valence-corrected chi connectivity index (χ4v) is 2.95. The Morgan fingerprint density at radius 1 is 1.12 bits per heavy atom. The van der Waals surface area contributed by atoms with Crippen LogP contribution in [0.25, 0.3) is 0 Å². The molecular formula is C16H25N. The Labute approximate surface area is 106 Å².